The van der Waals surface area contributed by atoms with Crippen LogP contribution in [-0.4, -0.2) is 10.2 Å². The van der Waals surface area contributed by atoms with Gasteiger partial charge in [0.25, 0.3) is 0 Å². The van der Waals surface area contributed by atoms with E-state index in [2.05, 4.69) is 15.5 Å². The van der Waals surface area contributed by atoms with E-state index in [0.717, 1.165) is 30.8 Å². The highest BCUT2D eigenvalue weighted by Crippen LogP contribution is 2.29. The maximum Gasteiger partial charge on any atom is 0.206 e. The molecule has 0 atom stereocenters. The maximum atomic E-state index is 6.14. The van der Waals surface area contributed by atoms with Gasteiger partial charge in [-0.1, -0.05) is 76.6 Å². The molecule has 1 aromatic heterocycles. The molecule has 118 valence electrons. The summed E-state index contributed by atoms with van der Waals surface area (Å²) in [6.07, 6.45) is 0. The third kappa shape index (κ3) is 4.85. The maximum absolute atomic E-state index is 6.14. The highest BCUT2D eigenvalue weighted by atomic mass is 35.5. The molecule has 0 fully saturated rings. The molecule has 2 aromatic carbocycles. The SMILES string of the molecule is Clc1ccc(CSc2nnc(NCc3ccccc3Cl)s2)cc1. The van der Waals surface area contributed by atoms with Crippen molar-refractivity contribution in [1.29, 1.82) is 0 Å². The molecule has 0 bridgehead atoms. The second kappa shape index (κ2) is 8.02. The Bertz CT molecular complexity index is 775. The first-order valence-electron chi connectivity index (χ1n) is 6.89. The Labute approximate surface area is 153 Å². The van der Waals surface area contributed by atoms with E-state index in [-0.39, 0.29) is 0 Å². The number of hydrogen-bond donors (Lipinski definition) is 1. The predicted molar refractivity (Wildman–Crippen MR) is 99.7 cm³/mol. The van der Waals surface area contributed by atoms with Crippen molar-refractivity contribution in [2.75, 3.05) is 5.32 Å². The fraction of sp³-hybridized carbons (Fsp3) is 0.125. The van der Waals surface area contributed by atoms with Crippen LogP contribution in [0.1, 0.15) is 11.1 Å². The van der Waals surface area contributed by atoms with Crippen molar-refractivity contribution in [3.05, 3.63) is 69.7 Å². The lowest BCUT2D eigenvalue weighted by Crippen LogP contribution is -1.99. The lowest BCUT2D eigenvalue weighted by atomic mass is 10.2. The van der Waals surface area contributed by atoms with E-state index in [4.69, 9.17) is 23.2 Å². The van der Waals surface area contributed by atoms with E-state index in [0.29, 0.717) is 6.54 Å². The molecule has 1 N–H and O–H groups in total. The molecule has 3 rings (SSSR count). The van der Waals surface area contributed by atoms with Crippen LogP contribution in [0.3, 0.4) is 0 Å². The molecule has 0 unspecified atom stereocenters. The summed E-state index contributed by atoms with van der Waals surface area (Å²) < 4.78 is 0.932. The Hall–Kier alpha value is -1.27. The molecule has 3 aromatic rings. The first kappa shape index (κ1) is 16.6. The fourth-order valence-corrected chi connectivity index (χ4v) is 3.91. The van der Waals surface area contributed by atoms with Crippen molar-refractivity contribution in [3.63, 3.8) is 0 Å². The molecular weight excluding hydrogens is 369 g/mol. The zero-order valence-corrected chi connectivity index (χ0v) is 15.1. The monoisotopic (exact) mass is 381 g/mol. The van der Waals surface area contributed by atoms with Crippen molar-refractivity contribution >= 4 is 51.4 Å². The van der Waals surface area contributed by atoms with Crippen LogP contribution < -0.4 is 5.32 Å². The molecule has 0 spiro atoms. The van der Waals surface area contributed by atoms with Crippen LogP contribution in [-0.2, 0) is 12.3 Å². The van der Waals surface area contributed by atoms with Gasteiger partial charge in [0.2, 0.25) is 5.13 Å². The van der Waals surface area contributed by atoms with Crippen LogP contribution in [0.2, 0.25) is 10.0 Å². The first-order valence-corrected chi connectivity index (χ1v) is 9.44. The number of benzene rings is 2. The number of nitrogens with one attached hydrogen (secondary N) is 1. The Kier molecular flexibility index (Phi) is 5.78. The third-order valence-electron chi connectivity index (χ3n) is 3.07. The summed E-state index contributed by atoms with van der Waals surface area (Å²) in [5.74, 6) is 0.844. The lowest BCUT2D eigenvalue weighted by Gasteiger charge is -2.03. The largest absolute Gasteiger partial charge is 0.356 e. The second-order valence-electron chi connectivity index (χ2n) is 4.73. The number of anilines is 1. The predicted octanol–water partition coefficient (Wildman–Crippen LogP) is 5.75. The Morgan fingerprint density at radius 2 is 1.78 bits per heavy atom. The van der Waals surface area contributed by atoms with Crippen molar-refractivity contribution in [2.45, 2.75) is 16.6 Å². The van der Waals surface area contributed by atoms with E-state index >= 15 is 0 Å². The molecule has 7 heteroatoms. The Balaban J connectivity index is 1.53. The molecule has 0 aliphatic carbocycles. The Morgan fingerprint density at radius 1 is 1.00 bits per heavy atom. The average molecular weight is 382 g/mol. The fourth-order valence-electron chi connectivity index (χ4n) is 1.88. The van der Waals surface area contributed by atoms with E-state index in [1.165, 1.54) is 5.56 Å². The van der Waals surface area contributed by atoms with Gasteiger partial charge in [0.05, 0.1) is 0 Å². The number of thioether (sulfide) groups is 1. The van der Waals surface area contributed by atoms with Crippen LogP contribution >= 0.6 is 46.3 Å². The molecule has 23 heavy (non-hydrogen) atoms. The van der Waals surface area contributed by atoms with Gasteiger partial charge < -0.3 is 5.32 Å². The van der Waals surface area contributed by atoms with E-state index in [1.807, 2.05) is 48.5 Å². The molecule has 0 saturated carbocycles. The third-order valence-corrected chi connectivity index (χ3v) is 5.78. The summed E-state index contributed by atoms with van der Waals surface area (Å²) >= 11 is 15.2. The highest BCUT2D eigenvalue weighted by molar-refractivity contribution is 8.00. The lowest BCUT2D eigenvalue weighted by molar-refractivity contribution is 0.995. The average Bonchev–Trinajstić information content (AvgIpc) is 3.02. The van der Waals surface area contributed by atoms with Gasteiger partial charge in [-0.15, -0.1) is 10.2 Å². The summed E-state index contributed by atoms with van der Waals surface area (Å²) in [5, 5.41) is 13.9. The minimum atomic E-state index is 0.635. The molecule has 3 nitrogen and oxygen atoms in total. The topological polar surface area (TPSA) is 37.8 Å². The van der Waals surface area contributed by atoms with E-state index in [9.17, 15) is 0 Å². The summed E-state index contributed by atoms with van der Waals surface area (Å²) in [6.45, 7) is 0.635. The van der Waals surface area contributed by atoms with Crippen molar-refractivity contribution in [1.82, 2.24) is 10.2 Å². The van der Waals surface area contributed by atoms with Gasteiger partial charge in [0.1, 0.15) is 0 Å². The van der Waals surface area contributed by atoms with Crippen molar-refractivity contribution in [3.8, 4) is 0 Å². The number of rotatable bonds is 6. The van der Waals surface area contributed by atoms with Gasteiger partial charge in [-0.3, -0.25) is 0 Å². The molecule has 0 aliphatic heterocycles. The normalized spacial score (nSPS) is 10.7. The molecule has 0 radical (unpaired) electrons. The zero-order valence-electron chi connectivity index (χ0n) is 12.0. The van der Waals surface area contributed by atoms with E-state index in [1.54, 1.807) is 23.1 Å². The number of nitrogens with zero attached hydrogens (tertiary/aromatic N) is 2. The van der Waals surface area contributed by atoms with Crippen LogP contribution in [0, 0.1) is 0 Å². The summed E-state index contributed by atoms with van der Waals surface area (Å²) in [5.41, 5.74) is 2.25. The number of hydrogen-bond acceptors (Lipinski definition) is 5. The van der Waals surface area contributed by atoms with Gasteiger partial charge in [-0.05, 0) is 29.3 Å². The molecule has 0 saturated heterocycles. The number of aromatic nitrogens is 2. The zero-order chi connectivity index (χ0) is 16.1. The highest BCUT2D eigenvalue weighted by Gasteiger charge is 2.06. The summed E-state index contributed by atoms with van der Waals surface area (Å²) in [7, 11) is 0. The van der Waals surface area contributed by atoms with E-state index < -0.39 is 0 Å². The van der Waals surface area contributed by atoms with Crippen LogP contribution in [0.25, 0.3) is 0 Å². The minimum absolute atomic E-state index is 0.635. The van der Waals surface area contributed by atoms with Gasteiger partial charge in [-0.25, -0.2) is 0 Å². The summed E-state index contributed by atoms with van der Waals surface area (Å²) in [6, 6.07) is 15.6. The van der Waals surface area contributed by atoms with Gasteiger partial charge in [0.15, 0.2) is 4.34 Å². The smallest absolute Gasteiger partial charge is 0.206 e. The molecule has 0 aliphatic rings. The summed E-state index contributed by atoms with van der Waals surface area (Å²) in [4.78, 5) is 0. The standard InChI is InChI=1S/C16H13Cl2N3S2/c17-13-7-5-11(6-8-13)10-22-16-21-20-15(23-16)19-9-12-3-1-2-4-14(12)18/h1-8H,9-10H2,(H,19,20). The first-order chi connectivity index (χ1) is 11.2. The van der Waals surface area contributed by atoms with Gasteiger partial charge >= 0.3 is 0 Å². The molecule has 0 amide bonds. The van der Waals surface area contributed by atoms with Gasteiger partial charge in [0, 0.05) is 22.3 Å². The van der Waals surface area contributed by atoms with Crippen molar-refractivity contribution < 1.29 is 0 Å². The number of halogens is 2. The molecular formula is C16H13Cl2N3S2. The second-order valence-corrected chi connectivity index (χ2v) is 7.78. The minimum Gasteiger partial charge on any atom is -0.356 e. The Morgan fingerprint density at radius 3 is 2.57 bits per heavy atom. The van der Waals surface area contributed by atoms with Crippen LogP contribution in [0.4, 0.5) is 5.13 Å². The molecule has 1 heterocycles. The van der Waals surface area contributed by atoms with Crippen LogP contribution in [0.5, 0.6) is 0 Å². The quantitative estimate of drug-likeness (QED) is 0.551. The van der Waals surface area contributed by atoms with Gasteiger partial charge in [-0.2, -0.15) is 0 Å². The van der Waals surface area contributed by atoms with Crippen LogP contribution in [0.15, 0.2) is 52.9 Å². The van der Waals surface area contributed by atoms with Crippen molar-refractivity contribution in [2.24, 2.45) is 0 Å².